The van der Waals surface area contributed by atoms with Gasteiger partial charge in [-0.15, -0.1) is 6.58 Å². The van der Waals surface area contributed by atoms with Crippen LogP contribution < -0.4 is 0 Å². The van der Waals surface area contributed by atoms with Gasteiger partial charge in [0.15, 0.2) is 0 Å². The summed E-state index contributed by atoms with van der Waals surface area (Å²) in [6.07, 6.45) is 12.9. The van der Waals surface area contributed by atoms with E-state index in [9.17, 15) is 0 Å². The fraction of sp³-hybridized carbons (Fsp3) is 0.680. The fourth-order valence-electron chi connectivity index (χ4n) is 6.25. The lowest BCUT2D eigenvalue weighted by atomic mass is 9.39. The maximum absolute atomic E-state index is 3.90. The molecule has 1 aromatic carbocycles. The SMILES string of the molecule is C=CCCCC1CCC(B(C2CCc3ccccc32)N(C(C)C)C(C)C)C1. The van der Waals surface area contributed by atoms with E-state index in [1.54, 1.807) is 11.1 Å². The number of nitrogens with zero attached hydrogens (tertiary/aromatic N) is 1. The maximum atomic E-state index is 3.90. The van der Waals surface area contributed by atoms with Gasteiger partial charge in [0, 0.05) is 0 Å². The van der Waals surface area contributed by atoms with Crippen LogP contribution in [0.15, 0.2) is 36.9 Å². The normalized spacial score (nSPS) is 24.8. The molecular formula is C25H40BN. The van der Waals surface area contributed by atoms with Gasteiger partial charge in [0.05, 0.1) is 0 Å². The second kappa shape index (κ2) is 9.46. The van der Waals surface area contributed by atoms with Crippen LogP contribution in [0, 0.1) is 5.92 Å². The first-order valence-corrected chi connectivity index (χ1v) is 11.5. The van der Waals surface area contributed by atoms with Gasteiger partial charge in [-0.3, -0.25) is 0 Å². The van der Waals surface area contributed by atoms with Crippen molar-refractivity contribution in [3.8, 4) is 0 Å². The third-order valence-electron chi connectivity index (χ3n) is 7.21. The number of aryl methyl sites for hydroxylation is 1. The highest BCUT2D eigenvalue weighted by molar-refractivity contribution is 6.59. The van der Waals surface area contributed by atoms with Crippen molar-refractivity contribution in [3.63, 3.8) is 0 Å². The lowest BCUT2D eigenvalue weighted by Gasteiger charge is -2.42. The molecule has 1 nitrogen and oxygen atoms in total. The molecule has 148 valence electrons. The molecule has 3 rings (SSSR count). The maximum Gasteiger partial charge on any atom is 0.234 e. The van der Waals surface area contributed by atoms with Gasteiger partial charge in [0.25, 0.3) is 0 Å². The Morgan fingerprint density at radius 3 is 2.56 bits per heavy atom. The predicted octanol–water partition coefficient (Wildman–Crippen LogP) is 6.89. The van der Waals surface area contributed by atoms with E-state index >= 15 is 0 Å². The van der Waals surface area contributed by atoms with E-state index in [-0.39, 0.29) is 0 Å². The van der Waals surface area contributed by atoms with Gasteiger partial charge in [-0.1, -0.05) is 83.7 Å². The molecule has 0 saturated heterocycles. The second-order valence-electron chi connectivity index (χ2n) is 9.63. The Morgan fingerprint density at radius 2 is 1.85 bits per heavy atom. The van der Waals surface area contributed by atoms with Gasteiger partial charge in [-0.2, -0.15) is 0 Å². The Labute approximate surface area is 168 Å². The zero-order valence-electron chi connectivity index (χ0n) is 18.2. The molecule has 0 bridgehead atoms. The second-order valence-corrected chi connectivity index (χ2v) is 9.63. The zero-order chi connectivity index (χ0) is 19.4. The van der Waals surface area contributed by atoms with Gasteiger partial charge in [0.1, 0.15) is 0 Å². The minimum Gasteiger partial charge on any atom is -0.337 e. The summed E-state index contributed by atoms with van der Waals surface area (Å²) < 4.78 is 0. The molecule has 0 heterocycles. The van der Waals surface area contributed by atoms with Crippen LogP contribution in [-0.4, -0.2) is 23.7 Å². The van der Waals surface area contributed by atoms with Crippen molar-refractivity contribution >= 4 is 6.85 Å². The smallest absolute Gasteiger partial charge is 0.234 e. The standard InChI is InChI=1S/C25H40BN/c1-6-7-8-11-21-14-16-23(18-21)26(27(19(2)3)20(4)5)25-17-15-22-12-9-10-13-24(22)25/h6,9-10,12-13,19-21,23,25H,1,7-8,11,14-18H2,2-5H3. The molecule has 0 amide bonds. The van der Waals surface area contributed by atoms with Gasteiger partial charge < -0.3 is 4.81 Å². The molecule has 2 heteroatoms. The van der Waals surface area contributed by atoms with E-state index in [4.69, 9.17) is 0 Å². The summed E-state index contributed by atoms with van der Waals surface area (Å²) in [5.74, 6) is 2.53. The highest BCUT2D eigenvalue weighted by Crippen LogP contribution is 2.48. The van der Waals surface area contributed by atoms with Crippen molar-refractivity contribution in [1.82, 2.24) is 4.81 Å². The van der Waals surface area contributed by atoms with Crippen LogP contribution in [0.4, 0.5) is 0 Å². The Bertz CT molecular complexity index is 600. The predicted molar refractivity (Wildman–Crippen MR) is 121 cm³/mol. The lowest BCUT2D eigenvalue weighted by Crippen LogP contribution is -2.53. The molecule has 3 unspecified atom stereocenters. The summed E-state index contributed by atoms with van der Waals surface area (Å²) in [6, 6.07) is 10.5. The van der Waals surface area contributed by atoms with E-state index < -0.39 is 0 Å². The van der Waals surface area contributed by atoms with Crippen molar-refractivity contribution in [2.45, 2.75) is 103 Å². The van der Waals surface area contributed by atoms with Gasteiger partial charge in [-0.05, 0) is 66.4 Å². The van der Waals surface area contributed by atoms with Crippen LogP contribution in [0.2, 0.25) is 5.82 Å². The number of rotatable bonds is 9. The summed E-state index contributed by atoms with van der Waals surface area (Å²) in [5.41, 5.74) is 3.27. The average Bonchev–Trinajstić information content (AvgIpc) is 3.26. The minimum atomic E-state index is 0.613. The third kappa shape index (κ3) is 4.70. The van der Waals surface area contributed by atoms with Crippen molar-refractivity contribution in [3.05, 3.63) is 48.0 Å². The highest BCUT2D eigenvalue weighted by Gasteiger charge is 2.45. The molecule has 2 aliphatic carbocycles. The summed E-state index contributed by atoms with van der Waals surface area (Å²) in [5, 5.41) is 0. The first-order valence-electron chi connectivity index (χ1n) is 11.5. The molecule has 0 aliphatic heterocycles. The summed E-state index contributed by atoms with van der Waals surface area (Å²) in [7, 11) is 0. The summed E-state index contributed by atoms with van der Waals surface area (Å²) >= 11 is 0. The molecule has 1 saturated carbocycles. The van der Waals surface area contributed by atoms with Crippen molar-refractivity contribution in [2.75, 3.05) is 0 Å². The number of allylic oxidation sites excluding steroid dienone is 1. The van der Waals surface area contributed by atoms with Crippen LogP contribution in [0.1, 0.15) is 89.6 Å². The van der Waals surface area contributed by atoms with Crippen LogP contribution in [0.5, 0.6) is 0 Å². The van der Waals surface area contributed by atoms with Gasteiger partial charge in [0.2, 0.25) is 6.85 Å². The van der Waals surface area contributed by atoms with Gasteiger partial charge in [-0.25, -0.2) is 0 Å². The average molecular weight is 365 g/mol. The quantitative estimate of drug-likeness (QED) is 0.261. The van der Waals surface area contributed by atoms with E-state index in [1.165, 1.54) is 51.4 Å². The number of hydrogen-bond acceptors (Lipinski definition) is 1. The largest absolute Gasteiger partial charge is 0.337 e. The molecule has 27 heavy (non-hydrogen) atoms. The summed E-state index contributed by atoms with van der Waals surface area (Å²) in [4.78, 5) is 2.86. The monoisotopic (exact) mass is 365 g/mol. The van der Waals surface area contributed by atoms with Crippen LogP contribution in [0.25, 0.3) is 0 Å². The molecule has 1 fully saturated rings. The molecule has 3 atom stereocenters. The molecule has 1 aromatic rings. The molecular weight excluding hydrogens is 325 g/mol. The molecule has 0 N–H and O–H groups in total. The highest BCUT2D eigenvalue weighted by atomic mass is 15.1. The van der Waals surface area contributed by atoms with E-state index in [0.29, 0.717) is 18.9 Å². The Morgan fingerprint density at radius 1 is 1.11 bits per heavy atom. The summed E-state index contributed by atoms with van der Waals surface area (Å²) in [6.45, 7) is 14.2. The number of unbranched alkanes of at least 4 members (excludes halogenated alkanes) is 1. The van der Waals surface area contributed by atoms with E-state index in [2.05, 4.69) is 69.4 Å². The fourth-order valence-corrected chi connectivity index (χ4v) is 6.25. The van der Waals surface area contributed by atoms with Crippen LogP contribution in [0.3, 0.4) is 0 Å². The van der Waals surface area contributed by atoms with E-state index in [1.807, 2.05) is 0 Å². The molecule has 0 aromatic heterocycles. The Hall–Kier alpha value is -1.02. The first kappa shape index (κ1) is 20.7. The number of hydrogen-bond donors (Lipinski definition) is 0. The van der Waals surface area contributed by atoms with Crippen LogP contribution >= 0.6 is 0 Å². The first-order chi connectivity index (χ1) is 13.0. The topological polar surface area (TPSA) is 3.24 Å². The van der Waals surface area contributed by atoms with E-state index in [0.717, 1.165) is 17.6 Å². The third-order valence-corrected chi connectivity index (χ3v) is 7.21. The Kier molecular flexibility index (Phi) is 7.25. The number of benzene rings is 1. The van der Waals surface area contributed by atoms with Crippen molar-refractivity contribution in [1.29, 1.82) is 0 Å². The number of fused-ring (bicyclic) bond motifs is 1. The van der Waals surface area contributed by atoms with Crippen LogP contribution in [-0.2, 0) is 6.42 Å². The van der Waals surface area contributed by atoms with Crippen molar-refractivity contribution in [2.24, 2.45) is 5.92 Å². The molecule has 2 aliphatic rings. The van der Waals surface area contributed by atoms with Gasteiger partial charge >= 0.3 is 0 Å². The zero-order valence-corrected chi connectivity index (χ0v) is 18.2. The molecule has 0 spiro atoms. The molecule has 0 radical (unpaired) electrons. The van der Waals surface area contributed by atoms with Crippen molar-refractivity contribution < 1.29 is 0 Å². The minimum absolute atomic E-state index is 0.613. The lowest BCUT2D eigenvalue weighted by molar-refractivity contribution is 0.290. The Balaban J connectivity index is 1.82.